The van der Waals surface area contributed by atoms with E-state index in [0.717, 1.165) is 19.3 Å². The fourth-order valence-electron chi connectivity index (χ4n) is 1.04. The van der Waals surface area contributed by atoms with Gasteiger partial charge in [-0.3, -0.25) is 9.52 Å². The van der Waals surface area contributed by atoms with Crippen molar-refractivity contribution in [1.82, 2.24) is 4.72 Å². The molecule has 1 aliphatic carbocycles. The molecule has 0 bridgehead atoms. The molecule has 0 aromatic carbocycles. The normalized spacial score (nSPS) is 22.5. The van der Waals surface area contributed by atoms with Crippen molar-refractivity contribution in [3.63, 3.8) is 0 Å². The number of carbonyl (C=O) groups is 1. The zero-order valence-electron chi connectivity index (χ0n) is 8.66. The molecule has 1 aliphatic rings. The van der Waals surface area contributed by atoms with Gasteiger partial charge in [0.05, 0.1) is 11.3 Å². The number of amides is 1. The largest absolute Gasteiger partial charge is 0.320 e. The Hall–Kier alpha value is -0.420. The Balaban J connectivity index is 2.36. The van der Waals surface area contributed by atoms with Crippen LogP contribution < -0.4 is 10.5 Å². The number of hydrogen-bond donors (Lipinski definition) is 2. The van der Waals surface area contributed by atoms with Crippen LogP contribution in [0.25, 0.3) is 0 Å². The van der Waals surface area contributed by atoms with Crippen molar-refractivity contribution in [3.8, 4) is 0 Å². The van der Waals surface area contributed by atoms with E-state index in [0.29, 0.717) is 0 Å². The molecule has 0 radical (unpaired) electrons. The van der Waals surface area contributed by atoms with Crippen molar-refractivity contribution >= 4 is 16.9 Å². The first-order valence-corrected chi connectivity index (χ1v) is 6.24. The monoisotopic (exact) mass is 218 g/mol. The van der Waals surface area contributed by atoms with Crippen LogP contribution in [0.1, 0.15) is 33.1 Å². The van der Waals surface area contributed by atoms with E-state index >= 15 is 0 Å². The standard InChI is InChI=1S/C9H18N2O2S/c1-3-6(2)8(10)9(12)11-14(13)7-4-5-7/h6-8H,3-5,10H2,1-2H3,(H,11,12). The molecule has 5 heteroatoms. The number of carbonyl (C=O) groups excluding carboxylic acids is 1. The predicted octanol–water partition coefficient (Wildman–Crippen LogP) is 0.302. The van der Waals surface area contributed by atoms with Crippen molar-refractivity contribution in [2.45, 2.75) is 44.4 Å². The highest BCUT2D eigenvalue weighted by Crippen LogP contribution is 2.24. The van der Waals surface area contributed by atoms with E-state index in [2.05, 4.69) is 4.72 Å². The first-order valence-electron chi connectivity index (χ1n) is 5.03. The van der Waals surface area contributed by atoms with E-state index in [4.69, 9.17) is 5.73 Å². The van der Waals surface area contributed by atoms with Crippen molar-refractivity contribution in [2.24, 2.45) is 11.7 Å². The molecule has 1 saturated carbocycles. The molecule has 0 heterocycles. The lowest BCUT2D eigenvalue weighted by Gasteiger charge is -2.16. The maximum atomic E-state index is 11.5. The molecule has 14 heavy (non-hydrogen) atoms. The molecule has 0 aromatic heterocycles. The highest BCUT2D eigenvalue weighted by Gasteiger charge is 2.31. The van der Waals surface area contributed by atoms with Crippen molar-refractivity contribution in [1.29, 1.82) is 0 Å². The van der Waals surface area contributed by atoms with Gasteiger partial charge in [0.1, 0.15) is 11.0 Å². The van der Waals surface area contributed by atoms with Crippen LogP contribution in [0, 0.1) is 5.92 Å². The minimum Gasteiger partial charge on any atom is -0.320 e. The number of nitrogens with one attached hydrogen (secondary N) is 1. The van der Waals surface area contributed by atoms with Crippen molar-refractivity contribution < 1.29 is 9.00 Å². The molecule has 1 rings (SSSR count). The van der Waals surface area contributed by atoms with Crippen LogP contribution in [0.2, 0.25) is 0 Å². The summed E-state index contributed by atoms with van der Waals surface area (Å²) >= 11 is 0. The van der Waals surface area contributed by atoms with Gasteiger partial charge in [-0.2, -0.15) is 0 Å². The van der Waals surface area contributed by atoms with E-state index in [1.807, 2.05) is 13.8 Å². The van der Waals surface area contributed by atoms with Gasteiger partial charge in [-0.25, -0.2) is 4.21 Å². The molecule has 0 aliphatic heterocycles. The molecule has 1 amide bonds. The molecule has 0 saturated heterocycles. The molecule has 1 fully saturated rings. The summed E-state index contributed by atoms with van der Waals surface area (Å²) in [7, 11) is -1.21. The predicted molar refractivity (Wildman–Crippen MR) is 56.7 cm³/mol. The third kappa shape index (κ3) is 3.06. The molecule has 82 valence electrons. The van der Waals surface area contributed by atoms with Crippen molar-refractivity contribution in [3.05, 3.63) is 0 Å². The quantitative estimate of drug-likeness (QED) is 0.697. The zero-order chi connectivity index (χ0) is 10.7. The third-order valence-corrected chi connectivity index (χ3v) is 4.07. The maximum absolute atomic E-state index is 11.5. The van der Waals surface area contributed by atoms with Gasteiger partial charge in [0, 0.05) is 0 Å². The van der Waals surface area contributed by atoms with E-state index in [9.17, 15) is 9.00 Å². The summed E-state index contributed by atoms with van der Waals surface area (Å²) in [6.45, 7) is 3.90. The van der Waals surface area contributed by atoms with Gasteiger partial charge >= 0.3 is 0 Å². The van der Waals surface area contributed by atoms with Crippen LogP contribution in [-0.4, -0.2) is 21.4 Å². The molecule has 3 atom stereocenters. The second-order valence-corrected chi connectivity index (χ2v) is 5.34. The Morgan fingerprint density at radius 3 is 2.64 bits per heavy atom. The first kappa shape index (κ1) is 11.7. The van der Waals surface area contributed by atoms with Crippen LogP contribution in [0.15, 0.2) is 0 Å². The topological polar surface area (TPSA) is 72.2 Å². The summed E-state index contributed by atoms with van der Waals surface area (Å²) < 4.78 is 13.8. The third-order valence-electron chi connectivity index (χ3n) is 2.59. The Bertz CT molecular complexity index is 241. The van der Waals surface area contributed by atoms with E-state index in [-0.39, 0.29) is 17.1 Å². The molecular weight excluding hydrogens is 200 g/mol. The summed E-state index contributed by atoms with van der Waals surface area (Å²) in [5, 5.41) is 0.170. The van der Waals surface area contributed by atoms with Gasteiger partial charge < -0.3 is 5.73 Å². The van der Waals surface area contributed by atoms with Gasteiger partial charge in [-0.15, -0.1) is 0 Å². The van der Waals surface area contributed by atoms with Crippen LogP contribution in [0.3, 0.4) is 0 Å². The molecule has 0 spiro atoms. The van der Waals surface area contributed by atoms with Gasteiger partial charge in [0.25, 0.3) is 0 Å². The van der Waals surface area contributed by atoms with Crippen molar-refractivity contribution in [2.75, 3.05) is 0 Å². The summed E-state index contributed by atoms with van der Waals surface area (Å²) in [6, 6.07) is -0.539. The Kier molecular flexibility index (Phi) is 4.07. The maximum Gasteiger partial charge on any atom is 0.248 e. The summed E-state index contributed by atoms with van der Waals surface area (Å²) in [5.41, 5.74) is 5.69. The lowest BCUT2D eigenvalue weighted by atomic mass is 10.00. The smallest absolute Gasteiger partial charge is 0.248 e. The summed E-state index contributed by atoms with van der Waals surface area (Å²) in [4.78, 5) is 11.5. The van der Waals surface area contributed by atoms with Gasteiger partial charge in [-0.05, 0) is 18.8 Å². The van der Waals surface area contributed by atoms with Crippen LogP contribution in [0.4, 0.5) is 0 Å². The van der Waals surface area contributed by atoms with E-state index in [1.54, 1.807) is 0 Å². The Morgan fingerprint density at radius 2 is 2.21 bits per heavy atom. The Morgan fingerprint density at radius 1 is 1.64 bits per heavy atom. The fraction of sp³-hybridized carbons (Fsp3) is 0.889. The van der Waals surface area contributed by atoms with E-state index in [1.165, 1.54) is 0 Å². The zero-order valence-corrected chi connectivity index (χ0v) is 9.47. The average molecular weight is 218 g/mol. The molecular formula is C9H18N2O2S. The van der Waals surface area contributed by atoms with Crippen LogP contribution in [0.5, 0.6) is 0 Å². The highest BCUT2D eigenvalue weighted by atomic mass is 32.2. The van der Waals surface area contributed by atoms with Gasteiger partial charge in [0.2, 0.25) is 5.91 Å². The number of hydrogen-bond acceptors (Lipinski definition) is 3. The molecule has 3 N–H and O–H groups in total. The summed E-state index contributed by atoms with van der Waals surface area (Å²) in [5.74, 6) is -0.157. The minimum absolute atomic E-state index is 0.131. The second kappa shape index (κ2) is 4.89. The van der Waals surface area contributed by atoms with Gasteiger partial charge in [-0.1, -0.05) is 20.3 Å². The summed E-state index contributed by atoms with van der Waals surface area (Å²) in [6.07, 6.45) is 2.75. The lowest BCUT2D eigenvalue weighted by Crippen LogP contribution is -2.45. The minimum atomic E-state index is -1.21. The van der Waals surface area contributed by atoms with Gasteiger partial charge in [0.15, 0.2) is 0 Å². The average Bonchev–Trinajstić information content (AvgIpc) is 2.98. The SMILES string of the molecule is CCC(C)C(N)C(=O)NS(=O)C1CC1. The Labute approximate surface area is 87.2 Å². The molecule has 3 unspecified atom stereocenters. The molecule has 4 nitrogen and oxygen atoms in total. The fourth-order valence-corrected chi connectivity index (χ4v) is 2.11. The first-order chi connectivity index (χ1) is 6.56. The number of nitrogens with two attached hydrogens (primary N) is 1. The second-order valence-electron chi connectivity index (χ2n) is 3.87. The molecule has 0 aromatic rings. The van der Waals surface area contributed by atoms with E-state index < -0.39 is 17.0 Å². The number of rotatable bonds is 5. The van der Waals surface area contributed by atoms with Crippen LogP contribution in [-0.2, 0) is 15.8 Å². The van der Waals surface area contributed by atoms with Crippen LogP contribution >= 0.6 is 0 Å². The highest BCUT2D eigenvalue weighted by molar-refractivity contribution is 7.84. The lowest BCUT2D eigenvalue weighted by molar-refractivity contribution is -0.121.